The summed E-state index contributed by atoms with van der Waals surface area (Å²) in [6.45, 7) is 4.93. The molecular formula is C60H115NO5. The standard InChI is InChI=1S/C60H115NO5/c1-3-5-7-9-11-13-15-16-17-18-24-27-30-34-38-42-46-50-54-60(65)66-55-51-47-43-39-35-31-28-25-22-20-19-21-23-26-29-33-37-41-45-49-53-59(64)61-57(56-62)58(63)52-48-44-40-36-32-14-12-10-8-6-4-2/h13,15,17-18,57-58,62-63H,3-12,14,16,19-56H2,1-2H3,(H,61,64)/b15-13-,18-17-. The third-order valence-corrected chi connectivity index (χ3v) is 13.8. The van der Waals surface area contributed by atoms with Crippen molar-refractivity contribution in [3.8, 4) is 0 Å². The first-order valence-corrected chi connectivity index (χ1v) is 29.6. The molecular weight excluding hydrogens is 815 g/mol. The maximum atomic E-state index is 12.4. The molecule has 390 valence electrons. The van der Waals surface area contributed by atoms with E-state index in [4.69, 9.17) is 4.74 Å². The molecule has 0 fully saturated rings. The summed E-state index contributed by atoms with van der Waals surface area (Å²) >= 11 is 0. The van der Waals surface area contributed by atoms with Gasteiger partial charge in [0.2, 0.25) is 5.91 Å². The van der Waals surface area contributed by atoms with Crippen LogP contribution < -0.4 is 5.32 Å². The molecule has 0 aliphatic heterocycles. The summed E-state index contributed by atoms with van der Waals surface area (Å²) in [6.07, 6.45) is 67.5. The minimum atomic E-state index is -0.664. The molecule has 0 aliphatic carbocycles. The number of allylic oxidation sites excluding steroid dienone is 4. The van der Waals surface area contributed by atoms with E-state index in [1.54, 1.807) is 0 Å². The van der Waals surface area contributed by atoms with Gasteiger partial charge in [-0.05, 0) is 57.8 Å². The first-order valence-electron chi connectivity index (χ1n) is 29.6. The van der Waals surface area contributed by atoms with E-state index in [1.807, 2.05) is 0 Å². The van der Waals surface area contributed by atoms with Gasteiger partial charge in [-0.1, -0.05) is 276 Å². The summed E-state index contributed by atoms with van der Waals surface area (Å²) in [5, 5.41) is 23.2. The van der Waals surface area contributed by atoms with Crippen molar-refractivity contribution in [2.75, 3.05) is 13.2 Å². The van der Waals surface area contributed by atoms with Gasteiger partial charge < -0.3 is 20.3 Å². The van der Waals surface area contributed by atoms with Crippen LogP contribution in [0, 0.1) is 0 Å². The van der Waals surface area contributed by atoms with E-state index in [1.165, 1.54) is 238 Å². The van der Waals surface area contributed by atoms with E-state index < -0.39 is 12.1 Å². The fourth-order valence-corrected chi connectivity index (χ4v) is 9.20. The van der Waals surface area contributed by atoms with Crippen molar-refractivity contribution >= 4 is 11.9 Å². The molecule has 2 atom stereocenters. The van der Waals surface area contributed by atoms with Gasteiger partial charge in [-0.3, -0.25) is 9.59 Å². The van der Waals surface area contributed by atoms with E-state index in [9.17, 15) is 19.8 Å². The van der Waals surface area contributed by atoms with E-state index in [0.29, 0.717) is 25.9 Å². The van der Waals surface area contributed by atoms with Crippen LogP contribution in [0.1, 0.15) is 322 Å². The molecule has 0 radical (unpaired) electrons. The molecule has 2 unspecified atom stereocenters. The first-order chi connectivity index (χ1) is 32.5. The minimum Gasteiger partial charge on any atom is -0.466 e. The van der Waals surface area contributed by atoms with Gasteiger partial charge >= 0.3 is 5.97 Å². The third kappa shape index (κ3) is 51.7. The molecule has 0 spiro atoms. The summed E-state index contributed by atoms with van der Waals surface area (Å²) < 4.78 is 5.49. The second-order valence-electron chi connectivity index (χ2n) is 20.3. The van der Waals surface area contributed by atoms with Gasteiger partial charge in [0.1, 0.15) is 0 Å². The van der Waals surface area contributed by atoms with Gasteiger partial charge in [0.05, 0.1) is 25.4 Å². The number of aliphatic hydroxyl groups excluding tert-OH is 2. The van der Waals surface area contributed by atoms with Crippen LogP contribution in [0.3, 0.4) is 0 Å². The zero-order valence-corrected chi connectivity index (χ0v) is 44.4. The van der Waals surface area contributed by atoms with Crippen LogP contribution in [-0.2, 0) is 14.3 Å². The monoisotopic (exact) mass is 930 g/mol. The number of unbranched alkanes of at least 4 members (excludes halogenated alkanes) is 40. The van der Waals surface area contributed by atoms with Crippen LogP contribution in [-0.4, -0.2) is 47.4 Å². The van der Waals surface area contributed by atoms with E-state index in [2.05, 4.69) is 43.5 Å². The van der Waals surface area contributed by atoms with Crippen molar-refractivity contribution in [3.63, 3.8) is 0 Å². The normalized spacial score (nSPS) is 12.7. The van der Waals surface area contributed by atoms with Crippen molar-refractivity contribution in [1.29, 1.82) is 0 Å². The molecule has 0 heterocycles. The maximum absolute atomic E-state index is 12.4. The number of esters is 1. The maximum Gasteiger partial charge on any atom is 0.305 e. The Morgan fingerprint density at radius 2 is 0.758 bits per heavy atom. The molecule has 0 aromatic rings. The van der Waals surface area contributed by atoms with E-state index in [0.717, 1.165) is 51.4 Å². The molecule has 0 aromatic carbocycles. The third-order valence-electron chi connectivity index (χ3n) is 13.8. The predicted octanol–water partition coefficient (Wildman–Crippen LogP) is 18.2. The lowest BCUT2D eigenvalue weighted by atomic mass is 10.0. The Bertz CT molecular complexity index is 1030. The molecule has 6 nitrogen and oxygen atoms in total. The van der Waals surface area contributed by atoms with Crippen molar-refractivity contribution in [2.45, 2.75) is 334 Å². The highest BCUT2D eigenvalue weighted by Crippen LogP contribution is 2.17. The number of hydrogen-bond donors (Lipinski definition) is 3. The Morgan fingerprint density at radius 1 is 0.424 bits per heavy atom. The molecule has 0 bridgehead atoms. The van der Waals surface area contributed by atoms with Crippen molar-refractivity contribution in [3.05, 3.63) is 24.3 Å². The predicted molar refractivity (Wildman–Crippen MR) is 287 cm³/mol. The SMILES string of the molecule is CCCCCC/C=C\C/C=C\CCCCCCCCCC(=O)OCCCCCCCCCCCCCCCCCCCCCCC(=O)NC(CO)C(O)CCCCCCCCCCCCC. The summed E-state index contributed by atoms with van der Waals surface area (Å²) in [6, 6.07) is -0.541. The zero-order chi connectivity index (χ0) is 47.9. The molecule has 0 saturated heterocycles. The van der Waals surface area contributed by atoms with Crippen molar-refractivity contribution in [2.24, 2.45) is 0 Å². The van der Waals surface area contributed by atoms with Crippen LogP contribution in [0.5, 0.6) is 0 Å². The number of amides is 1. The largest absolute Gasteiger partial charge is 0.466 e. The highest BCUT2D eigenvalue weighted by molar-refractivity contribution is 5.76. The number of rotatable bonds is 55. The van der Waals surface area contributed by atoms with Crippen LogP contribution in [0.2, 0.25) is 0 Å². The number of hydrogen-bond acceptors (Lipinski definition) is 5. The van der Waals surface area contributed by atoms with Crippen molar-refractivity contribution < 1.29 is 24.5 Å². The van der Waals surface area contributed by atoms with Crippen LogP contribution in [0.4, 0.5) is 0 Å². The number of ether oxygens (including phenoxy) is 1. The van der Waals surface area contributed by atoms with Gasteiger partial charge in [0.25, 0.3) is 0 Å². The molecule has 0 saturated carbocycles. The van der Waals surface area contributed by atoms with E-state index >= 15 is 0 Å². The van der Waals surface area contributed by atoms with Crippen LogP contribution in [0.15, 0.2) is 24.3 Å². The van der Waals surface area contributed by atoms with Gasteiger partial charge in [0, 0.05) is 12.8 Å². The Labute approximate surface area is 411 Å². The smallest absolute Gasteiger partial charge is 0.305 e. The van der Waals surface area contributed by atoms with Gasteiger partial charge in [-0.25, -0.2) is 0 Å². The summed E-state index contributed by atoms with van der Waals surface area (Å²) in [4.78, 5) is 24.5. The Hall–Kier alpha value is -1.66. The fourth-order valence-electron chi connectivity index (χ4n) is 9.20. The Balaban J connectivity index is 3.37. The highest BCUT2D eigenvalue weighted by atomic mass is 16.5. The summed E-state index contributed by atoms with van der Waals surface area (Å²) in [5.41, 5.74) is 0. The second-order valence-corrected chi connectivity index (χ2v) is 20.3. The Morgan fingerprint density at radius 3 is 1.17 bits per heavy atom. The second kappa shape index (κ2) is 55.9. The van der Waals surface area contributed by atoms with Gasteiger partial charge in [-0.15, -0.1) is 0 Å². The lowest BCUT2D eigenvalue weighted by Crippen LogP contribution is -2.45. The lowest BCUT2D eigenvalue weighted by molar-refractivity contribution is -0.143. The molecule has 0 aliphatic rings. The number of carbonyl (C=O) groups is 2. The Kier molecular flexibility index (Phi) is 54.5. The van der Waals surface area contributed by atoms with Crippen molar-refractivity contribution in [1.82, 2.24) is 5.32 Å². The molecule has 6 heteroatoms. The summed E-state index contributed by atoms with van der Waals surface area (Å²) in [7, 11) is 0. The van der Waals surface area contributed by atoms with Gasteiger partial charge in [0.15, 0.2) is 0 Å². The molecule has 3 N–H and O–H groups in total. The lowest BCUT2D eigenvalue weighted by Gasteiger charge is -2.22. The number of nitrogens with one attached hydrogen (secondary N) is 1. The number of aliphatic hydroxyl groups is 2. The quantitative estimate of drug-likeness (QED) is 0.0321. The topological polar surface area (TPSA) is 95.9 Å². The first kappa shape index (κ1) is 64.3. The molecule has 0 aromatic heterocycles. The summed E-state index contributed by atoms with van der Waals surface area (Å²) in [5.74, 6) is -0.0338. The van der Waals surface area contributed by atoms with Crippen LogP contribution >= 0.6 is 0 Å². The molecule has 0 rings (SSSR count). The van der Waals surface area contributed by atoms with Crippen LogP contribution in [0.25, 0.3) is 0 Å². The highest BCUT2D eigenvalue weighted by Gasteiger charge is 2.20. The average molecular weight is 931 g/mol. The molecule has 66 heavy (non-hydrogen) atoms. The van der Waals surface area contributed by atoms with Gasteiger partial charge in [-0.2, -0.15) is 0 Å². The fraction of sp³-hybridized carbons (Fsp3) is 0.900. The van der Waals surface area contributed by atoms with E-state index in [-0.39, 0.29) is 18.5 Å². The molecule has 1 amide bonds. The number of carbonyl (C=O) groups excluding carboxylic acids is 2. The zero-order valence-electron chi connectivity index (χ0n) is 44.4. The average Bonchev–Trinajstić information content (AvgIpc) is 3.32. The minimum absolute atomic E-state index is 0.00345.